The maximum Gasteiger partial charge on any atom is 0.352 e. The Labute approximate surface area is 195 Å². The number of rotatable bonds is 6. The Bertz CT molecular complexity index is 1600. The van der Waals surface area contributed by atoms with Crippen LogP contribution in [0.15, 0.2) is 63.5 Å². The molecule has 0 saturated heterocycles. The molecule has 3 aromatic heterocycles. The van der Waals surface area contributed by atoms with Crippen LogP contribution < -0.4 is 16.0 Å². The van der Waals surface area contributed by atoms with Crippen LogP contribution >= 0.6 is 22.9 Å². The maximum absolute atomic E-state index is 14.4. The lowest BCUT2D eigenvalue weighted by molar-refractivity contribution is 0.336. The lowest BCUT2D eigenvalue weighted by Crippen LogP contribution is -2.26. The van der Waals surface area contributed by atoms with Gasteiger partial charge in [-0.1, -0.05) is 35.9 Å². The molecule has 5 aromatic rings. The summed E-state index contributed by atoms with van der Waals surface area (Å²) < 4.78 is 24.5. The Morgan fingerprint density at radius 1 is 1.09 bits per heavy atom. The van der Waals surface area contributed by atoms with Crippen LogP contribution in [0.3, 0.4) is 0 Å². The highest BCUT2D eigenvalue weighted by molar-refractivity contribution is 7.17. The van der Waals surface area contributed by atoms with E-state index in [1.54, 1.807) is 17.5 Å². The topological polar surface area (TPSA) is 70.5 Å². The average molecular weight is 485 g/mol. The summed E-state index contributed by atoms with van der Waals surface area (Å²) in [6.45, 7) is 2.35. The zero-order chi connectivity index (χ0) is 23.1. The highest BCUT2D eigenvalue weighted by Crippen LogP contribution is 2.23. The van der Waals surface area contributed by atoms with E-state index in [1.165, 1.54) is 32.4 Å². The number of fused-ring (bicyclic) bond motifs is 3. The molecule has 0 fully saturated rings. The largest absolute Gasteiger partial charge is 0.494 e. The number of nitrogens with zero attached hydrogens (tertiary/aromatic N) is 4. The van der Waals surface area contributed by atoms with Crippen LogP contribution in [0, 0.1) is 5.82 Å². The van der Waals surface area contributed by atoms with Crippen molar-refractivity contribution in [3.8, 4) is 5.75 Å². The molecule has 0 unspecified atom stereocenters. The molecule has 0 atom stereocenters. The highest BCUT2D eigenvalue weighted by atomic mass is 35.5. The first-order valence-electron chi connectivity index (χ1n) is 10.2. The maximum atomic E-state index is 14.4. The van der Waals surface area contributed by atoms with Gasteiger partial charge in [-0.05, 0) is 36.6 Å². The number of hydrogen-bond acceptors (Lipinski definition) is 5. The highest BCUT2D eigenvalue weighted by Gasteiger charge is 2.20. The van der Waals surface area contributed by atoms with Gasteiger partial charge < -0.3 is 4.74 Å². The summed E-state index contributed by atoms with van der Waals surface area (Å²) in [5.74, 6) is 0.279. The third-order valence-electron chi connectivity index (χ3n) is 5.36. The monoisotopic (exact) mass is 484 g/mol. The van der Waals surface area contributed by atoms with Gasteiger partial charge >= 0.3 is 5.69 Å². The standard InChI is InChI=1S/C23H18ClFN4O3S/c1-2-32-19-9-4-3-6-14(19)12-27-21(30)20-18(10-11-33-20)29-22(27)26-28(23(29)31)13-15-16(24)7-5-8-17(15)25/h3-11H,2,12-13H2,1H3. The van der Waals surface area contributed by atoms with E-state index >= 15 is 0 Å². The molecule has 0 amide bonds. The molecule has 2 aromatic carbocycles. The van der Waals surface area contributed by atoms with E-state index in [4.69, 9.17) is 16.3 Å². The van der Waals surface area contributed by atoms with Gasteiger partial charge in [0.15, 0.2) is 0 Å². The summed E-state index contributed by atoms with van der Waals surface area (Å²) in [4.78, 5) is 26.7. The van der Waals surface area contributed by atoms with Gasteiger partial charge in [0, 0.05) is 16.1 Å². The summed E-state index contributed by atoms with van der Waals surface area (Å²) in [5, 5.41) is 6.37. The second kappa shape index (κ2) is 8.49. The molecule has 0 N–H and O–H groups in total. The van der Waals surface area contributed by atoms with Crippen LogP contribution in [0.1, 0.15) is 18.1 Å². The Balaban J connectivity index is 1.73. The van der Waals surface area contributed by atoms with Gasteiger partial charge in [-0.25, -0.2) is 18.3 Å². The zero-order valence-electron chi connectivity index (χ0n) is 17.5. The van der Waals surface area contributed by atoms with Gasteiger partial charge in [0.2, 0.25) is 5.78 Å². The fraction of sp³-hybridized carbons (Fsp3) is 0.174. The number of thiophene rings is 1. The van der Waals surface area contributed by atoms with Gasteiger partial charge in [-0.2, -0.15) is 0 Å². The molecule has 33 heavy (non-hydrogen) atoms. The third kappa shape index (κ3) is 3.63. The predicted molar refractivity (Wildman–Crippen MR) is 126 cm³/mol. The van der Waals surface area contributed by atoms with Crippen LogP contribution in [0.5, 0.6) is 5.75 Å². The van der Waals surface area contributed by atoms with Gasteiger partial charge in [-0.15, -0.1) is 16.4 Å². The van der Waals surface area contributed by atoms with E-state index in [0.717, 1.165) is 10.2 Å². The van der Waals surface area contributed by atoms with Crippen LogP contribution in [0.25, 0.3) is 16.0 Å². The average Bonchev–Trinajstić information content (AvgIpc) is 3.40. The SMILES string of the molecule is CCOc1ccccc1Cn1c(=O)c2sccc2n2c(=O)n(Cc3c(F)cccc3Cl)nc12. The third-order valence-corrected chi connectivity index (χ3v) is 6.60. The number of aromatic nitrogens is 4. The van der Waals surface area contributed by atoms with E-state index in [-0.39, 0.29) is 35.0 Å². The fourth-order valence-electron chi connectivity index (χ4n) is 3.81. The van der Waals surface area contributed by atoms with Crippen molar-refractivity contribution >= 4 is 38.9 Å². The quantitative estimate of drug-likeness (QED) is 0.363. The first-order valence-corrected chi connectivity index (χ1v) is 11.5. The fourth-order valence-corrected chi connectivity index (χ4v) is 4.86. The molecular formula is C23H18ClFN4O3S. The molecule has 3 heterocycles. The van der Waals surface area contributed by atoms with Crippen LogP contribution in [0.2, 0.25) is 5.02 Å². The van der Waals surface area contributed by atoms with Crippen molar-refractivity contribution in [3.05, 3.63) is 96.7 Å². The molecule has 0 radical (unpaired) electrons. The molecule has 168 valence electrons. The van der Waals surface area contributed by atoms with E-state index in [2.05, 4.69) is 5.10 Å². The number of hydrogen-bond donors (Lipinski definition) is 0. The molecule has 0 aliphatic heterocycles. The van der Waals surface area contributed by atoms with Gasteiger partial charge in [0.25, 0.3) is 5.56 Å². The van der Waals surface area contributed by atoms with Crippen molar-refractivity contribution < 1.29 is 9.13 Å². The number of ether oxygens (including phenoxy) is 1. The normalized spacial score (nSPS) is 11.5. The molecule has 10 heteroatoms. The summed E-state index contributed by atoms with van der Waals surface area (Å²) in [6.07, 6.45) is 0. The second-order valence-corrected chi connectivity index (χ2v) is 8.67. The molecule has 7 nitrogen and oxygen atoms in total. The van der Waals surface area contributed by atoms with E-state index < -0.39 is 11.5 Å². The Hall–Kier alpha value is -3.43. The van der Waals surface area contributed by atoms with Crippen molar-refractivity contribution in [1.29, 1.82) is 0 Å². The van der Waals surface area contributed by atoms with Crippen LogP contribution in [0.4, 0.5) is 4.39 Å². The van der Waals surface area contributed by atoms with Gasteiger partial charge in [-0.3, -0.25) is 9.36 Å². The van der Waals surface area contributed by atoms with Gasteiger partial charge in [0.1, 0.15) is 16.3 Å². The smallest absolute Gasteiger partial charge is 0.352 e. The predicted octanol–water partition coefficient (Wildman–Crippen LogP) is 4.16. The van der Waals surface area contributed by atoms with Crippen molar-refractivity contribution in [1.82, 2.24) is 18.7 Å². The molecule has 0 saturated carbocycles. The molecule has 5 rings (SSSR count). The molecule has 0 aliphatic rings. The van der Waals surface area contributed by atoms with Gasteiger partial charge in [0.05, 0.1) is 25.2 Å². The van der Waals surface area contributed by atoms with E-state index in [9.17, 15) is 14.0 Å². The Morgan fingerprint density at radius 3 is 2.70 bits per heavy atom. The van der Waals surface area contributed by atoms with E-state index in [1.807, 2.05) is 31.2 Å². The summed E-state index contributed by atoms with van der Waals surface area (Å²) in [7, 11) is 0. The van der Waals surface area contributed by atoms with Crippen molar-refractivity contribution in [3.63, 3.8) is 0 Å². The summed E-state index contributed by atoms with van der Waals surface area (Å²) in [5.41, 5.74) is 0.643. The Morgan fingerprint density at radius 2 is 1.91 bits per heavy atom. The minimum atomic E-state index is -0.532. The Kier molecular flexibility index (Phi) is 5.51. The summed E-state index contributed by atoms with van der Waals surface area (Å²) in [6, 6.07) is 13.4. The van der Waals surface area contributed by atoms with Crippen LogP contribution in [-0.4, -0.2) is 25.4 Å². The van der Waals surface area contributed by atoms with Crippen molar-refractivity contribution in [2.75, 3.05) is 6.61 Å². The first-order chi connectivity index (χ1) is 16.0. The first kappa shape index (κ1) is 21.4. The molecule has 0 bridgehead atoms. The summed E-state index contributed by atoms with van der Waals surface area (Å²) >= 11 is 7.41. The number of para-hydroxylation sites is 1. The second-order valence-electron chi connectivity index (χ2n) is 7.34. The number of benzene rings is 2. The molecule has 0 aliphatic carbocycles. The lowest BCUT2D eigenvalue weighted by Gasteiger charge is -2.12. The molecule has 0 spiro atoms. The molecular weight excluding hydrogens is 467 g/mol. The van der Waals surface area contributed by atoms with Crippen molar-refractivity contribution in [2.45, 2.75) is 20.0 Å². The minimum Gasteiger partial charge on any atom is -0.494 e. The lowest BCUT2D eigenvalue weighted by atomic mass is 10.2. The van der Waals surface area contributed by atoms with Crippen LogP contribution in [-0.2, 0) is 13.1 Å². The minimum absolute atomic E-state index is 0.154. The van der Waals surface area contributed by atoms with E-state index in [0.29, 0.717) is 22.6 Å². The zero-order valence-corrected chi connectivity index (χ0v) is 19.1. The van der Waals surface area contributed by atoms with Crippen molar-refractivity contribution in [2.24, 2.45) is 0 Å². The number of halogens is 2.